The summed E-state index contributed by atoms with van der Waals surface area (Å²) in [5.41, 5.74) is 0.811. The van der Waals surface area contributed by atoms with Crippen molar-refractivity contribution >= 4 is 21.4 Å². The highest BCUT2D eigenvalue weighted by Gasteiger charge is 2.15. The molecule has 0 bridgehead atoms. The lowest BCUT2D eigenvalue weighted by Gasteiger charge is -2.10. The maximum atomic E-state index is 12.2. The Morgan fingerprint density at radius 1 is 1.30 bits per heavy atom. The second kappa shape index (κ2) is 6.39. The molecule has 2 rings (SSSR count). The van der Waals surface area contributed by atoms with Crippen molar-refractivity contribution in [1.82, 2.24) is 4.72 Å². The van der Waals surface area contributed by atoms with Crippen molar-refractivity contribution in [2.75, 3.05) is 6.61 Å². The molecule has 0 spiro atoms. The van der Waals surface area contributed by atoms with Crippen LogP contribution in [0.1, 0.15) is 17.4 Å². The highest BCUT2D eigenvalue weighted by atomic mass is 32.2. The van der Waals surface area contributed by atoms with Crippen LogP contribution in [0.5, 0.6) is 5.75 Å². The first kappa shape index (κ1) is 15.0. The summed E-state index contributed by atoms with van der Waals surface area (Å²) in [5.74, 6) is 0.713. The van der Waals surface area contributed by atoms with Crippen LogP contribution >= 0.6 is 11.3 Å². The van der Waals surface area contributed by atoms with Gasteiger partial charge in [0.05, 0.1) is 11.5 Å². The van der Waals surface area contributed by atoms with E-state index in [0.717, 1.165) is 10.4 Å². The van der Waals surface area contributed by atoms with E-state index in [1.54, 1.807) is 18.2 Å². The van der Waals surface area contributed by atoms with Gasteiger partial charge >= 0.3 is 0 Å². The number of hydrogen-bond acceptors (Lipinski definition) is 4. The van der Waals surface area contributed by atoms with Gasteiger partial charge in [-0.2, -0.15) is 0 Å². The van der Waals surface area contributed by atoms with E-state index in [1.807, 2.05) is 31.4 Å². The lowest BCUT2D eigenvalue weighted by molar-refractivity contribution is 0.337. The molecule has 0 amide bonds. The molecule has 2 aromatic rings. The Morgan fingerprint density at radius 2 is 2.10 bits per heavy atom. The molecule has 0 aliphatic heterocycles. The third-order valence-electron chi connectivity index (χ3n) is 2.77. The maximum absolute atomic E-state index is 12.2. The molecular formula is C14H17NO3S2. The molecule has 0 unspecified atom stereocenters. The molecule has 108 valence electrons. The molecule has 0 atom stereocenters. The molecule has 0 aliphatic carbocycles. The van der Waals surface area contributed by atoms with Crippen molar-refractivity contribution in [2.45, 2.75) is 25.3 Å². The number of rotatable bonds is 6. The third-order valence-corrected chi connectivity index (χ3v) is 5.05. The zero-order valence-electron chi connectivity index (χ0n) is 11.4. The summed E-state index contributed by atoms with van der Waals surface area (Å²) >= 11 is 1.52. The fourth-order valence-corrected chi connectivity index (χ4v) is 3.60. The van der Waals surface area contributed by atoms with Crippen LogP contribution in [0.2, 0.25) is 0 Å². The summed E-state index contributed by atoms with van der Waals surface area (Å²) in [6.07, 6.45) is 0. The largest absolute Gasteiger partial charge is 0.494 e. The molecule has 0 saturated heterocycles. The molecule has 0 saturated carbocycles. The van der Waals surface area contributed by atoms with Crippen molar-refractivity contribution in [1.29, 1.82) is 0 Å². The molecule has 6 heteroatoms. The minimum Gasteiger partial charge on any atom is -0.494 e. The highest BCUT2D eigenvalue weighted by molar-refractivity contribution is 7.89. The van der Waals surface area contributed by atoms with E-state index in [4.69, 9.17) is 4.74 Å². The van der Waals surface area contributed by atoms with Crippen LogP contribution in [0, 0.1) is 6.92 Å². The van der Waals surface area contributed by atoms with Gasteiger partial charge in [-0.3, -0.25) is 0 Å². The normalized spacial score (nSPS) is 11.5. The van der Waals surface area contributed by atoms with E-state index in [2.05, 4.69) is 4.72 Å². The van der Waals surface area contributed by atoms with E-state index in [1.165, 1.54) is 11.3 Å². The van der Waals surface area contributed by atoms with Crippen LogP contribution in [0.15, 0.2) is 40.6 Å². The van der Waals surface area contributed by atoms with E-state index >= 15 is 0 Å². The van der Waals surface area contributed by atoms with Crippen molar-refractivity contribution in [3.63, 3.8) is 0 Å². The Bertz CT molecular complexity index is 664. The van der Waals surface area contributed by atoms with Crippen LogP contribution in [0.25, 0.3) is 0 Å². The molecule has 1 N–H and O–H groups in total. The second-order valence-electron chi connectivity index (χ2n) is 4.26. The predicted octanol–water partition coefficient (Wildman–Crippen LogP) is 2.93. The molecule has 20 heavy (non-hydrogen) atoms. The number of ether oxygens (including phenoxy) is 1. The first-order valence-electron chi connectivity index (χ1n) is 6.28. The average Bonchev–Trinajstić information content (AvgIpc) is 2.92. The van der Waals surface area contributed by atoms with E-state index in [9.17, 15) is 8.42 Å². The fraction of sp³-hybridized carbons (Fsp3) is 0.286. The standard InChI is InChI=1S/C14H17NO3S2/c1-3-18-14-7-6-13(9-11(14)2)20(16,17)15-10-12-5-4-8-19-12/h4-9,15H,3,10H2,1-2H3. The van der Waals surface area contributed by atoms with Crippen molar-refractivity contribution < 1.29 is 13.2 Å². The number of thiophene rings is 1. The summed E-state index contributed by atoms with van der Waals surface area (Å²) in [5, 5.41) is 1.92. The molecular weight excluding hydrogens is 294 g/mol. The smallest absolute Gasteiger partial charge is 0.240 e. The molecule has 0 fully saturated rings. The van der Waals surface area contributed by atoms with Crippen LogP contribution in [0.3, 0.4) is 0 Å². The Morgan fingerprint density at radius 3 is 2.70 bits per heavy atom. The zero-order valence-corrected chi connectivity index (χ0v) is 13.1. The van der Waals surface area contributed by atoms with Crippen LogP contribution in [0.4, 0.5) is 0 Å². The number of aryl methyl sites for hydroxylation is 1. The van der Waals surface area contributed by atoms with Gasteiger partial charge in [0.1, 0.15) is 5.75 Å². The summed E-state index contributed by atoms with van der Waals surface area (Å²) in [7, 11) is -3.49. The first-order valence-corrected chi connectivity index (χ1v) is 8.64. The van der Waals surface area contributed by atoms with Crippen molar-refractivity contribution in [3.05, 3.63) is 46.2 Å². The maximum Gasteiger partial charge on any atom is 0.240 e. The van der Waals surface area contributed by atoms with E-state index in [0.29, 0.717) is 18.9 Å². The molecule has 1 aromatic heterocycles. The van der Waals surface area contributed by atoms with Crippen LogP contribution < -0.4 is 9.46 Å². The summed E-state index contributed by atoms with van der Waals surface area (Å²) < 4.78 is 32.4. The predicted molar refractivity (Wildman–Crippen MR) is 80.7 cm³/mol. The Kier molecular flexibility index (Phi) is 4.80. The summed E-state index contributed by atoms with van der Waals surface area (Å²) in [6, 6.07) is 8.68. The third kappa shape index (κ3) is 3.59. The van der Waals surface area contributed by atoms with Gasteiger partial charge in [0, 0.05) is 11.4 Å². The lowest BCUT2D eigenvalue weighted by Crippen LogP contribution is -2.22. The summed E-state index contributed by atoms with van der Waals surface area (Å²) in [4.78, 5) is 1.24. The van der Waals surface area contributed by atoms with Gasteiger partial charge in [0.15, 0.2) is 0 Å². The van der Waals surface area contributed by atoms with Gasteiger partial charge in [-0.1, -0.05) is 6.07 Å². The van der Waals surface area contributed by atoms with Gasteiger partial charge in [0.25, 0.3) is 0 Å². The van der Waals surface area contributed by atoms with Crippen molar-refractivity contribution in [2.24, 2.45) is 0 Å². The van der Waals surface area contributed by atoms with Crippen LogP contribution in [-0.4, -0.2) is 15.0 Å². The topological polar surface area (TPSA) is 55.4 Å². The monoisotopic (exact) mass is 311 g/mol. The summed E-state index contributed by atoms with van der Waals surface area (Å²) in [6.45, 7) is 4.60. The molecule has 0 radical (unpaired) electrons. The Balaban J connectivity index is 2.14. The SMILES string of the molecule is CCOc1ccc(S(=O)(=O)NCc2cccs2)cc1C. The zero-order chi connectivity index (χ0) is 14.6. The van der Waals surface area contributed by atoms with Crippen molar-refractivity contribution in [3.8, 4) is 5.75 Å². The number of benzene rings is 1. The van der Waals surface area contributed by atoms with E-state index in [-0.39, 0.29) is 4.90 Å². The van der Waals surface area contributed by atoms with Gasteiger partial charge in [-0.15, -0.1) is 11.3 Å². The number of sulfonamides is 1. The Labute approximate surface area is 123 Å². The average molecular weight is 311 g/mol. The quantitative estimate of drug-likeness (QED) is 0.892. The first-order chi connectivity index (χ1) is 9.53. The molecule has 0 aliphatic rings. The van der Waals surface area contributed by atoms with Gasteiger partial charge < -0.3 is 4.74 Å². The minimum atomic E-state index is -3.49. The number of nitrogens with one attached hydrogen (secondary N) is 1. The second-order valence-corrected chi connectivity index (χ2v) is 7.06. The van der Waals surface area contributed by atoms with Gasteiger partial charge in [-0.05, 0) is 49.1 Å². The van der Waals surface area contributed by atoms with Gasteiger partial charge in [-0.25, -0.2) is 13.1 Å². The number of hydrogen-bond donors (Lipinski definition) is 1. The molecule has 1 aromatic carbocycles. The van der Waals surface area contributed by atoms with Gasteiger partial charge in [0.2, 0.25) is 10.0 Å². The van der Waals surface area contributed by atoms with E-state index < -0.39 is 10.0 Å². The van der Waals surface area contributed by atoms with Crippen LogP contribution in [-0.2, 0) is 16.6 Å². The minimum absolute atomic E-state index is 0.259. The Hall–Kier alpha value is -1.37. The fourth-order valence-electron chi connectivity index (χ4n) is 1.77. The molecule has 4 nitrogen and oxygen atoms in total. The lowest BCUT2D eigenvalue weighted by atomic mass is 10.2. The molecule has 1 heterocycles. The highest BCUT2D eigenvalue weighted by Crippen LogP contribution is 2.22.